The van der Waals surface area contributed by atoms with E-state index in [1.54, 1.807) is 6.08 Å². The van der Waals surface area contributed by atoms with Crippen LogP contribution in [0.25, 0.3) is 0 Å². The zero-order valence-electron chi connectivity index (χ0n) is 8.26. The number of ketones is 2. The van der Waals surface area contributed by atoms with Crippen molar-refractivity contribution in [2.75, 3.05) is 0 Å². The third-order valence-corrected chi connectivity index (χ3v) is 2.18. The average molecular weight is 178 g/mol. The van der Waals surface area contributed by atoms with Crippen molar-refractivity contribution in [3.8, 4) is 0 Å². The van der Waals surface area contributed by atoms with Gasteiger partial charge in [0.15, 0.2) is 11.6 Å². The summed E-state index contributed by atoms with van der Waals surface area (Å²) in [6, 6.07) is 0. The highest BCUT2D eigenvalue weighted by molar-refractivity contribution is 6.06. The molecule has 0 aromatic carbocycles. The van der Waals surface area contributed by atoms with Crippen LogP contribution in [0.4, 0.5) is 0 Å². The molecule has 2 heteroatoms. The zero-order valence-corrected chi connectivity index (χ0v) is 8.26. The van der Waals surface area contributed by atoms with Gasteiger partial charge in [0.25, 0.3) is 0 Å². The maximum Gasteiger partial charge on any atom is 0.178 e. The van der Waals surface area contributed by atoms with E-state index < -0.39 is 0 Å². The summed E-state index contributed by atoms with van der Waals surface area (Å²) >= 11 is 0. The Balaban J connectivity index is 3.03. The van der Waals surface area contributed by atoms with E-state index >= 15 is 0 Å². The molecular formula is C11H14O2. The highest BCUT2D eigenvalue weighted by atomic mass is 16.1. The molecule has 1 aliphatic rings. The van der Waals surface area contributed by atoms with E-state index in [-0.39, 0.29) is 17.0 Å². The zero-order chi connectivity index (χ0) is 10.1. The first-order valence-electron chi connectivity index (χ1n) is 4.35. The van der Waals surface area contributed by atoms with Crippen LogP contribution >= 0.6 is 0 Å². The smallest absolute Gasteiger partial charge is 0.178 e. The van der Waals surface area contributed by atoms with Crippen molar-refractivity contribution in [2.24, 2.45) is 5.41 Å². The van der Waals surface area contributed by atoms with E-state index in [4.69, 9.17) is 0 Å². The Kier molecular flexibility index (Phi) is 2.50. The van der Waals surface area contributed by atoms with Gasteiger partial charge in [-0.25, -0.2) is 0 Å². The van der Waals surface area contributed by atoms with Crippen molar-refractivity contribution in [2.45, 2.75) is 27.2 Å². The summed E-state index contributed by atoms with van der Waals surface area (Å²) in [5.74, 6) is -0.0744. The van der Waals surface area contributed by atoms with E-state index in [2.05, 4.69) is 0 Å². The first-order chi connectivity index (χ1) is 5.92. The van der Waals surface area contributed by atoms with Crippen LogP contribution in [0.2, 0.25) is 0 Å². The lowest BCUT2D eigenvalue weighted by Gasteiger charge is -2.22. The molecule has 0 radical (unpaired) electrons. The average Bonchev–Trinajstić information content (AvgIpc) is 1.97. The molecule has 0 aromatic heterocycles. The Morgan fingerprint density at radius 2 is 1.85 bits per heavy atom. The minimum atomic E-state index is -0.377. The maximum absolute atomic E-state index is 11.5. The van der Waals surface area contributed by atoms with Gasteiger partial charge in [-0.1, -0.05) is 19.4 Å². The quantitative estimate of drug-likeness (QED) is 0.569. The lowest BCUT2D eigenvalue weighted by atomic mass is 9.80. The Labute approximate surface area is 78.3 Å². The van der Waals surface area contributed by atoms with Gasteiger partial charge in [-0.05, 0) is 31.6 Å². The van der Waals surface area contributed by atoms with Gasteiger partial charge >= 0.3 is 0 Å². The fourth-order valence-electron chi connectivity index (χ4n) is 1.51. The van der Waals surface area contributed by atoms with Gasteiger partial charge in [0.1, 0.15) is 0 Å². The molecule has 0 unspecified atom stereocenters. The van der Waals surface area contributed by atoms with Gasteiger partial charge in [-0.2, -0.15) is 0 Å². The molecule has 0 fully saturated rings. The number of carbonyl (C=O) groups is 2. The van der Waals surface area contributed by atoms with Crippen LogP contribution in [-0.2, 0) is 9.59 Å². The lowest BCUT2D eigenvalue weighted by molar-refractivity contribution is -0.122. The van der Waals surface area contributed by atoms with E-state index in [9.17, 15) is 9.59 Å². The minimum Gasteiger partial charge on any atom is -0.294 e. The largest absolute Gasteiger partial charge is 0.294 e. The van der Waals surface area contributed by atoms with Crippen molar-refractivity contribution in [3.05, 3.63) is 23.8 Å². The molecule has 0 heterocycles. The standard InChI is InChI=1S/C11H14O2/c1-8-6-9(12)4-5-10(13)11(2,3)7-8/h4-6H,7H2,1-3H3/b5-4-,8-6-. The molecule has 1 aliphatic carbocycles. The molecular weight excluding hydrogens is 164 g/mol. The molecule has 0 atom stereocenters. The number of rotatable bonds is 0. The second-order valence-electron chi connectivity index (χ2n) is 4.15. The topological polar surface area (TPSA) is 34.1 Å². The Morgan fingerprint density at radius 3 is 2.46 bits per heavy atom. The summed E-state index contributed by atoms with van der Waals surface area (Å²) in [5.41, 5.74) is 0.588. The molecule has 13 heavy (non-hydrogen) atoms. The van der Waals surface area contributed by atoms with Gasteiger partial charge in [-0.15, -0.1) is 0 Å². The summed E-state index contributed by atoms with van der Waals surface area (Å²) in [7, 11) is 0. The molecule has 70 valence electrons. The third kappa shape index (κ3) is 2.38. The van der Waals surface area contributed by atoms with Crippen LogP contribution in [-0.4, -0.2) is 11.6 Å². The first-order valence-corrected chi connectivity index (χ1v) is 4.35. The van der Waals surface area contributed by atoms with Crippen LogP contribution in [0, 0.1) is 5.41 Å². The van der Waals surface area contributed by atoms with Gasteiger partial charge < -0.3 is 0 Å². The highest BCUT2D eigenvalue weighted by Crippen LogP contribution is 2.27. The van der Waals surface area contributed by atoms with Crippen molar-refractivity contribution >= 4 is 11.6 Å². The second kappa shape index (κ2) is 3.29. The maximum atomic E-state index is 11.5. The predicted octanol–water partition coefficient (Wildman–Crippen LogP) is 2.06. The fraction of sp³-hybridized carbons (Fsp3) is 0.455. The normalized spacial score (nSPS) is 28.7. The second-order valence-corrected chi connectivity index (χ2v) is 4.15. The summed E-state index contributed by atoms with van der Waals surface area (Å²) in [5, 5.41) is 0. The van der Waals surface area contributed by atoms with Gasteiger partial charge in [-0.3, -0.25) is 9.59 Å². The molecule has 1 rings (SSSR count). The van der Waals surface area contributed by atoms with Crippen molar-refractivity contribution < 1.29 is 9.59 Å². The summed E-state index contributed by atoms with van der Waals surface area (Å²) in [4.78, 5) is 22.6. The number of carbonyl (C=O) groups excluding carboxylic acids is 2. The molecule has 0 amide bonds. The SMILES string of the molecule is C/C1=C/C(=O)/C=C\C(=O)C(C)(C)C1. The third-order valence-electron chi connectivity index (χ3n) is 2.18. The Bertz CT molecular complexity index is 306. The molecule has 0 bridgehead atoms. The van der Waals surface area contributed by atoms with Crippen LogP contribution in [0.5, 0.6) is 0 Å². The number of hydrogen-bond acceptors (Lipinski definition) is 2. The number of allylic oxidation sites excluding steroid dienone is 4. The van der Waals surface area contributed by atoms with E-state index in [0.29, 0.717) is 6.42 Å². The molecule has 0 spiro atoms. The molecule has 0 saturated carbocycles. The number of hydrogen-bond donors (Lipinski definition) is 0. The minimum absolute atomic E-state index is 0.0216. The van der Waals surface area contributed by atoms with Crippen molar-refractivity contribution in [1.82, 2.24) is 0 Å². The van der Waals surface area contributed by atoms with Gasteiger partial charge in [0, 0.05) is 5.41 Å². The van der Waals surface area contributed by atoms with Crippen LogP contribution in [0.3, 0.4) is 0 Å². The molecule has 2 nitrogen and oxygen atoms in total. The summed E-state index contributed by atoms with van der Waals surface area (Å²) in [6.07, 6.45) is 4.96. The molecule has 0 aliphatic heterocycles. The Morgan fingerprint density at radius 1 is 1.23 bits per heavy atom. The Hall–Kier alpha value is -1.18. The van der Waals surface area contributed by atoms with Crippen molar-refractivity contribution in [1.29, 1.82) is 0 Å². The van der Waals surface area contributed by atoms with E-state index in [1.807, 2.05) is 20.8 Å². The lowest BCUT2D eigenvalue weighted by Crippen LogP contribution is -2.24. The summed E-state index contributed by atoms with van der Waals surface area (Å²) in [6.45, 7) is 5.67. The highest BCUT2D eigenvalue weighted by Gasteiger charge is 2.26. The van der Waals surface area contributed by atoms with Crippen LogP contribution in [0.15, 0.2) is 23.8 Å². The monoisotopic (exact) mass is 178 g/mol. The summed E-state index contributed by atoms with van der Waals surface area (Å²) < 4.78 is 0. The van der Waals surface area contributed by atoms with Crippen molar-refractivity contribution in [3.63, 3.8) is 0 Å². The van der Waals surface area contributed by atoms with Crippen LogP contribution < -0.4 is 0 Å². The van der Waals surface area contributed by atoms with E-state index in [1.165, 1.54) is 12.2 Å². The predicted molar refractivity (Wildman–Crippen MR) is 51.3 cm³/mol. The first kappa shape index (κ1) is 9.90. The van der Waals surface area contributed by atoms with Gasteiger partial charge in [0.05, 0.1) is 0 Å². The van der Waals surface area contributed by atoms with E-state index in [0.717, 1.165) is 5.57 Å². The fourth-order valence-corrected chi connectivity index (χ4v) is 1.51. The molecule has 0 saturated heterocycles. The van der Waals surface area contributed by atoms with Crippen LogP contribution in [0.1, 0.15) is 27.2 Å². The molecule has 0 aromatic rings. The van der Waals surface area contributed by atoms with Gasteiger partial charge in [0.2, 0.25) is 0 Å². The molecule has 0 N–H and O–H groups in total.